The van der Waals surface area contributed by atoms with Crippen molar-refractivity contribution in [1.29, 1.82) is 0 Å². The first kappa shape index (κ1) is 10.7. The van der Waals surface area contributed by atoms with Gasteiger partial charge in [0.2, 0.25) is 10.0 Å². The minimum atomic E-state index is -3.09. The van der Waals surface area contributed by atoms with Crippen molar-refractivity contribution >= 4 is 26.0 Å². The van der Waals surface area contributed by atoms with E-state index in [9.17, 15) is 8.42 Å². The molecule has 1 rings (SSSR count). The Morgan fingerprint density at radius 2 is 2.38 bits per heavy atom. The number of nitrogens with zero attached hydrogens (tertiary/aromatic N) is 2. The molecule has 1 aromatic rings. The first-order valence-electron chi connectivity index (χ1n) is 3.60. The van der Waals surface area contributed by atoms with E-state index in [2.05, 4.69) is 25.8 Å². The highest BCUT2D eigenvalue weighted by Crippen LogP contribution is 2.05. The normalized spacial score (nSPS) is 11.8. The Bertz CT molecular complexity index is 373. The number of sulfonamides is 1. The van der Waals surface area contributed by atoms with Crippen LogP contribution >= 0.6 is 15.9 Å². The Labute approximate surface area is 85.3 Å². The van der Waals surface area contributed by atoms with Gasteiger partial charge in [0.1, 0.15) is 0 Å². The molecule has 13 heavy (non-hydrogen) atoms. The topological polar surface area (TPSA) is 64.0 Å². The minimum absolute atomic E-state index is 0.354. The average Bonchev–Trinajstić information content (AvgIpc) is 2.33. The molecule has 0 amide bonds. The Balaban J connectivity index is 2.36. The first-order chi connectivity index (χ1) is 5.97. The third kappa shape index (κ3) is 4.39. The zero-order valence-corrected chi connectivity index (χ0v) is 9.47. The smallest absolute Gasteiger partial charge is 0.208 e. The molecule has 7 heteroatoms. The van der Waals surface area contributed by atoms with E-state index in [0.717, 1.165) is 10.7 Å². The van der Waals surface area contributed by atoms with Crippen LogP contribution in [0.15, 0.2) is 16.9 Å². The molecule has 0 aliphatic rings. The maximum Gasteiger partial charge on any atom is 0.208 e. The second kappa shape index (κ2) is 4.21. The first-order valence-corrected chi connectivity index (χ1v) is 6.28. The van der Waals surface area contributed by atoms with E-state index >= 15 is 0 Å². The van der Waals surface area contributed by atoms with Gasteiger partial charge >= 0.3 is 0 Å². The van der Waals surface area contributed by atoms with Crippen LogP contribution in [0.2, 0.25) is 0 Å². The van der Waals surface area contributed by atoms with Crippen LogP contribution in [-0.4, -0.2) is 31.0 Å². The fourth-order valence-electron chi connectivity index (χ4n) is 0.806. The molecule has 0 aliphatic heterocycles. The van der Waals surface area contributed by atoms with Gasteiger partial charge in [0, 0.05) is 12.7 Å². The highest BCUT2D eigenvalue weighted by atomic mass is 79.9. The lowest BCUT2D eigenvalue weighted by Crippen LogP contribution is -2.26. The van der Waals surface area contributed by atoms with E-state index in [1.807, 2.05) is 0 Å². The molecule has 0 unspecified atom stereocenters. The summed E-state index contributed by atoms with van der Waals surface area (Å²) in [6, 6.07) is 0. The largest absolute Gasteiger partial charge is 0.270 e. The molecule has 0 aliphatic carbocycles. The van der Waals surface area contributed by atoms with Gasteiger partial charge in [-0.2, -0.15) is 5.10 Å². The fraction of sp³-hybridized carbons (Fsp3) is 0.500. The zero-order chi connectivity index (χ0) is 9.90. The molecular formula is C6H10BrN3O2S. The van der Waals surface area contributed by atoms with Crippen molar-refractivity contribution in [2.45, 2.75) is 6.54 Å². The summed E-state index contributed by atoms with van der Waals surface area (Å²) in [5.74, 6) is 0. The van der Waals surface area contributed by atoms with Gasteiger partial charge in [0.05, 0.1) is 23.5 Å². The predicted octanol–water partition coefficient (Wildman–Crippen LogP) is 0.195. The molecule has 0 radical (unpaired) electrons. The van der Waals surface area contributed by atoms with Gasteiger partial charge in [0.25, 0.3) is 0 Å². The zero-order valence-electron chi connectivity index (χ0n) is 7.07. The van der Waals surface area contributed by atoms with Crippen LogP contribution in [0, 0.1) is 0 Å². The van der Waals surface area contributed by atoms with Crippen LogP contribution in [0.4, 0.5) is 0 Å². The Morgan fingerprint density at radius 1 is 1.69 bits per heavy atom. The van der Waals surface area contributed by atoms with E-state index in [1.54, 1.807) is 17.1 Å². The monoisotopic (exact) mass is 267 g/mol. The molecular weight excluding hydrogens is 258 g/mol. The minimum Gasteiger partial charge on any atom is -0.270 e. The fourth-order valence-corrected chi connectivity index (χ4v) is 1.60. The van der Waals surface area contributed by atoms with Crippen LogP contribution in [0.25, 0.3) is 0 Å². The molecule has 0 saturated carbocycles. The molecule has 0 atom stereocenters. The van der Waals surface area contributed by atoms with E-state index in [0.29, 0.717) is 13.1 Å². The van der Waals surface area contributed by atoms with Crippen LogP contribution in [-0.2, 0) is 16.6 Å². The van der Waals surface area contributed by atoms with Gasteiger partial charge in [0.15, 0.2) is 0 Å². The molecule has 5 nitrogen and oxygen atoms in total. The summed E-state index contributed by atoms with van der Waals surface area (Å²) < 4.78 is 26.3. The van der Waals surface area contributed by atoms with E-state index in [1.165, 1.54) is 0 Å². The molecule has 0 spiro atoms. The van der Waals surface area contributed by atoms with Crippen molar-refractivity contribution in [3.8, 4) is 0 Å². The molecule has 0 aromatic carbocycles. The molecule has 1 N–H and O–H groups in total. The number of hydrogen-bond donors (Lipinski definition) is 1. The van der Waals surface area contributed by atoms with Gasteiger partial charge in [-0.1, -0.05) is 0 Å². The van der Waals surface area contributed by atoms with Crippen molar-refractivity contribution in [1.82, 2.24) is 14.5 Å². The number of halogens is 1. The second-order valence-corrected chi connectivity index (χ2v) is 5.34. The highest BCUT2D eigenvalue weighted by molar-refractivity contribution is 9.10. The summed E-state index contributed by atoms with van der Waals surface area (Å²) in [7, 11) is -3.09. The van der Waals surface area contributed by atoms with Crippen LogP contribution < -0.4 is 4.72 Å². The third-order valence-electron chi connectivity index (χ3n) is 1.31. The molecule has 0 saturated heterocycles. The second-order valence-electron chi connectivity index (χ2n) is 2.59. The summed E-state index contributed by atoms with van der Waals surface area (Å²) >= 11 is 3.24. The maximum atomic E-state index is 10.7. The average molecular weight is 268 g/mol. The van der Waals surface area contributed by atoms with Crippen molar-refractivity contribution in [2.24, 2.45) is 0 Å². The van der Waals surface area contributed by atoms with E-state index < -0.39 is 10.0 Å². The third-order valence-corrected chi connectivity index (χ3v) is 2.44. The molecule has 1 heterocycles. The Hall–Kier alpha value is -0.400. The number of nitrogens with one attached hydrogen (secondary N) is 1. The van der Waals surface area contributed by atoms with Gasteiger partial charge in [-0.25, -0.2) is 13.1 Å². The lowest BCUT2D eigenvalue weighted by atomic mass is 10.6. The van der Waals surface area contributed by atoms with E-state index in [4.69, 9.17) is 0 Å². The Morgan fingerprint density at radius 3 is 2.85 bits per heavy atom. The summed E-state index contributed by atoms with van der Waals surface area (Å²) in [5, 5.41) is 3.97. The summed E-state index contributed by atoms with van der Waals surface area (Å²) in [4.78, 5) is 0. The molecule has 1 aromatic heterocycles. The van der Waals surface area contributed by atoms with Crippen molar-refractivity contribution < 1.29 is 8.42 Å². The summed E-state index contributed by atoms with van der Waals surface area (Å²) in [6.07, 6.45) is 4.57. The number of rotatable bonds is 4. The van der Waals surface area contributed by atoms with Crippen molar-refractivity contribution in [2.75, 3.05) is 12.8 Å². The van der Waals surface area contributed by atoms with Gasteiger partial charge in [-0.15, -0.1) is 0 Å². The summed E-state index contributed by atoms with van der Waals surface area (Å²) in [5.41, 5.74) is 0. The lowest BCUT2D eigenvalue weighted by Gasteiger charge is -2.01. The van der Waals surface area contributed by atoms with E-state index in [-0.39, 0.29) is 0 Å². The van der Waals surface area contributed by atoms with Crippen molar-refractivity contribution in [3.05, 3.63) is 16.9 Å². The number of aromatic nitrogens is 2. The van der Waals surface area contributed by atoms with Crippen molar-refractivity contribution in [3.63, 3.8) is 0 Å². The Kier molecular flexibility index (Phi) is 3.46. The predicted molar refractivity (Wildman–Crippen MR) is 52.8 cm³/mol. The van der Waals surface area contributed by atoms with Gasteiger partial charge in [-0.05, 0) is 15.9 Å². The highest BCUT2D eigenvalue weighted by Gasteiger charge is 1.99. The molecule has 74 valence electrons. The standard InChI is InChI=1S/C6H10BrN3O2S/c1-13(11,12)9-2-3-10-5-6(7)4-8-10/h4-5,9H,2-3H2,1H3. The molecule has 0 bridgehead atoms. The van der Waals surface area contributed by atoms with Crippen LogP contribution in [0.5, 0.6) is 0 Å². The quantitative estimate of drug-likeness (QED) is 0.848. The molecule has 0 fully saturated rings. The lowest BCUT2D eigenvalue weighted by molar-refractivity contribution is 0.565. The van der Waals surface area contributed by atoms with Crippen LogP contribution in [0.3, 0.4) is 0 Å². The van der Waals surface area contributed by atoms with Gasteiger partial charge < -0.3 is 0 Å². The summed E-state index contributed by atoms with van der Waals surface area (Å²) in [6.45, 7) is 0.881. The number of hydrogen-bond acceptors (Lipinski definition) is 3. The van der Waals surface area contributed by atoms with Crippen LogP contribution in [0.1, 0.15) is 0 Å². The SMILES string of the molecule is CS(=O)(=O)NCCn1cc(Br)cn1. The maximum absolute atomic E-state index is 10.7. The van der Waals surface area contributed by atoms with Gasteiger partial charge in [-0.3, -0.25) is 4.68 Å².